The first-order chi connectivity index (χ1) is 10.7. The van der Waals surface area contributed by atoms with Crippen molar-refractivity contribution in [3.05, 3.63) is 35.9 Å². The van der Waals surface area contributed by atoms with Crippen LogP contribution < -0.4 is 5.32 Å². The maximum atomic E-state index is 12.0. The Labute approximate surface area is 140 Å². The fourth-order valence-corrected chi connectivity index (χ4v) is 3.12. The number of nitrogens with one attached hydrogen (secondary N) is 1. The summed E-state index contributed by atoms with van der Waals surface area (Å²) in [7, 11) is 0. The smallest absolute Gasteiger partial charge is 0.407 e. The molecule has 1 aromatic rings. The number of hydrogen-bond acceptors (Lipinski definition) is 3. The third-order valence-corrected chi connectivity index (χ3v) is 4.36. The van der Waals surface area contributed by atoms with Crippen LogP contribution in [0.3, 0.4) is 0 Å². The van der Waals surface area contributed by atoms with E-state index in [2.05, 4.69) is 48.3 Å². The van der Waals surface area contributed by atoms with E-state index in [1.807, 2.05) is 26.8 Å². The third kappa shape index (κ3) is 5.54. The largest absolute Gasteiger partial charge is 0.444 e. The van der Waals surface area contributed by atoms with Crippen LogP contribution in [0.1, 0.15) is 46.6 Å². The first-order valence-electron chi connectivity index (χ1n) is 8.52. The van der Waals surface area contributed by atoms with Crippen LogP contribution >= 0.6 is 0 Å². The van der Waals surface area contributed by atoms with Gasteiger partial charge in [-0.3, -0.25) is 4.90 Å². The molecule has 1 saturated heterocycles. The van der Waals surface area contributed by atoms with Gasteiger partial charge < -0.3 is 10.1 Å². The lowest BCUT2D eigenvalue weighted by atomic mass is 9.89. The molecule has 0 bridgehead atoms. The molecule has 1 amide bonds. The second-order valence-electron chi connectivity index (χ2n) is 7.73. The van der Waals surface area contributed by atoms with Crippen molar-refractivity contribution < 1.29 is 9.53 Å². The van der Waals surface area contributed by atoms with Crippen molar-refractivity contribution in [2.45, 2.75) is 65.3 Å². The van der Waals surface area contributed by atoms with Crippen LogP contribution in [0.25, 0.3) is 0 Å². The molecule has 1 fully saturated rings. The number of piperidine rings is 1. The minimum atomic E-state index is -0.451. The van der Waals surface area contributed by atoms with Crippen LogP contribution in [-0.2, 0) is 11.3 Å². The summed E-state index contributed by atoms with van der Waals surface area (Å²) in [5.41, 5.74) is 0.887. The number of carbonyl (C=O) groups is 1. The molecule has 1 aliphatic heterocycles. The lowest BCUT2D eigenvalue weighted by molar-refractivity contribution is 0.0384. The Bertz CT molecular complexity index is 510. The predicted octanol–water partition coefficient (Wildman–Crippen LogP) is 3.81. The summed E-state index contributed by atoms with van der Waals surface area (Å²) in [5, 5.41) is 3.05. The number of nitrogens with zero attached hydrogens (tertiary/aromatic N) is 1. The van der Waals surface area contributed by atoms with Crippen molar-refractivity contribution in [2.24, 2.45) is 5.92 Å². The summed E-state index contributed by atoms with van der Waals surface area (Å²) in [6, 6.07) is 11.2. The molecule has 4 heteroatoms. The first-order valence-corrected chi connectivity index (χ1v) is 8.52. The van der Waals surface area contributed by atoms with Gasteiger partial charge in [-0.2, -0.15) is 0 Å². The number of likely N-dealkylation sites (tertiary alicyclic amines) is 1. The van der Waals surface area contributed by atoms with E-state index in [4.69, 9.17) is 4.74 Å². The standard InChI is InChI=1S/C19H30N2O2/c1-14-12-21(13-16-9-7-6-8-10-16)15(2)11-17(14)20-18(22)23-19(3,4)5/h6-10,14-15,17H,11-13H2,1-5H3,(H,20,22)/t14-,15-,17+/m1/s1. The summed E-state index contributed by atoms with van der Waals surface area (Å²) >= 11 is 0. The van der Waals surface area contributed by atoms with Crippen LogP contribution in [0.4, 0.5) is 4.79 Å². The highest BCUT2D eigenvalue weighted by molar-refractivity contribution is 5.68. The van der Waals surface area contributed by atoms with Crippen molar-refractivity contribution in [3.8, 4) is 0 Å². The summed E-state index contributed by atoms with van der Waals surface area (Å²) in [4.78, 5) is 14.5. The van der Waals surface area contributed by atoms with Crippen molar-refractivity contribution in [1.82, 2.24) is 10.2 Å². The van der Waals surface area contributed by atoms with Gasteiger partial charge in [0, 0.05) is 25.2 Å². The van der Waals surface area contributed by atoms with E-state index in [0.29, 0.717) is 12.0 Å². The molecule has 0 aromatic heterocycles. The number of alkyl carbamates (subject to hydrolysis) is 1. The molecule has 1 N–H and O–H groups in total. The lowest BCUT2D eigenvalue weighted by Crippen LogP contribution is -2.53. The summed E-state index contributed by atoms with van der Waals surface area (Å²) in [5.74, 6) is 0.405. The van der Waals surface area contributed by atoms with Crippen LogP contribution in [0, 0.1) is 5.92 Å². The van der Waals surface area contributed by atoms with Gasteiger partial charge in [0.1, 0.15) is 5.60 Å². The van der Waals surface area contributed by atoms with E-state index < -0.39 is 5.60 Å². The van der Waals surface area contributed by atoms with Crippen molar-refractivity contribution in [2.75, 3.05) is 6.54 Å². The van der Waals surface area contributed by atoms with Crippen LogP contribution in [-0.4, -0.2) is 35.2 Å². The third-order valence-electron chi connectivity index (χ3n) is 4.36. The second-order valence-corrected chi connectivity index (χ2v) is 7.73. The molecule has 0 spiro atoms. The van der Waals surface area contributed by atoms with Gasteiger partial charge in [-0.15, -0.1) is 0 Å². The average molecular weight is 318 g/mol. The summed E-state index contributed by atoms with van der Waals surface area (Å²) in [6.45, 7) is 12.1. The average Bonchev–Trinajstić information content (AvgIpc) is 2.43. The minimum absolute atomic E-state index is 0.173. The molecule has 3 atom stereocenters. The second kappa shape index (κ2) is 7.35. The maximum Gasteiger partial charge on any atom is 0.407 e. The Balaban J connectivity index is 1.90. The van der Waals surface area contributed by atoms with Gasteiger partial charge in [0.2, 0.25) is 0 Å². The van der Waals surface area contributed by atoms with Crippen molar-refractivity contribution >= 4 is 6.09 Å². The highest BCUT2D eigenvalue weighted by atomic mass is 16.6. The molecule has 0 radical (unpaired) electrons. The number of rotatable bonds is 3. The van der Waals surface area contributed by atoms with Gasteiger partial charge in [0.15, 0.2) is 0 Å². The van der Waals surface area contributed by atoms with E-state index in [1.54, 1.807) is 0 Å². The Morgan fingerprint density at radius 3 is 2.52 bits per heavy atom. The summed E-state index contributed by atoms with van der Waals surface area (Å²) in [6.07, 6.45) is 0.644. The first kappa shape index (κ1) is 17.8. The molecule has 1 heterocycles. The van der Waals surface area contributed by atoms with Crippen molar-refractivity contribution in [3.63, 3.8) is 0 Å². The van der Waals surface area contributed by atoms with Crippen LogP contribution in [0.15, 0.2) is 30.3 Å². The normalized spacial score (nSPS) is 25.9. The van der Waals surface area contributed by atoms with E-state index in [9.17, 15) is 4.79 Å². The monoisotopic (exact) mass is 318 g/mol. The van der Waals surface area contributed by atoms with E-state index in [1.165, 1.54) is 5.56 Å². The van der Waals surface area contributed by atoms with Crippen LogP contribution in [0.2, 0.25) is 0 Å². The number of carbonyl (C=O) groups excluding carboxylic acids is 1. The van der Waals surface area contributed by atoms with Crippen LogP contribution in [0.5, 0.6) is 0 Å². The molecule has 2 rings (SSSR count). The van der Waals surface area contributed by atoms with Gasteiger partial charge in [-0.25, -0.2) is 4.79 Å². The van der Waals surface area contributed by atoms with Gasteiger partial charge in [-0.05, 0) is 45.6 Å². The van der Waals surface area contributed by atoms with E-state index in [-0.39, 0.29) is 12.1 Å². The number of ether oxygens (including phenoxy) is 1. The fourth-order valence-electron chi connectivity index (χ4n) is 3.12. The molecule has 4 nitrogen and oxygen atoms in total. The SMILES string of the molecule is C[C@@H]1CN(Cc2ccccc2)[C@H](C)C[C@@H]1NC(=O)OC(C)(C)C. The Morgan fingerprint density at radius 1 is 1.26 bits per heavy atom. The summed E-state index contributed by atoms with van der Waals surface area (Å²) < 4.78 is 5.38. The topological polar surface area (TPSA) is 41.6 Å². The highest BCUT2D eigenvalue weighted by Gasteiger charge is 2.32. The maximum absolute atomic E-state index is 12.0. The molecule has 1 aromatic carbocycles. The number of amides is 1. The predicted molar refractivity (Wildman–Crippen MR) is 93.3 cm³/mol. The molecule has 1 aliphatic rings. The Kier molecular flexibility index (Phi) is 5.69. The zero-order valence-electron chi connectivity index (χ0n) is 15.0. The number of benzene rings is 1. The molecular formula is C19H30N2O2. The lowest BCUT2D eigenvalue weighted by Gasteiger charge is -2.42. The van der Waals surface area contributed by atoms with Gasteiger partial charge in [0.25, 0.3) is 0 Å². The van der Waals surface area contributed by atoms with Gasteiger partial charge >= 0.3 is 6.09 Å². The Hall–Kier alpha value is -1.55. The molecule has 0 aliphatic carbocycles. The van der Waals surface area contributed by atoms with E-state index in [0.717, 1.165) is 19.5 Å². The molecule has 0 unspecified atom stereocenters. The Morgan fingerprint density at radius 2 is 1.91 bits per heavy atom. The number of hydrogen-bond donors (Lipinski definition) is 1. The van der Waals surface area contributed by atoms with E-state index >= 15 is 0 Å². The zero-order valence-corrected chi connectivity index (χ0v) is 15.0. The van der Waals surface area contributed by atoms with Crippen molar-refractivity contribution in [1.29, 1.82) is 0 Å². The molecule has 128 valence electrons. The quantitative estimate of drug-likeness (QED) is 0.921. The van der Waals surface area contributed by atoms with Gasteiger partial charge in [0.05, 0.1) is 0 Å². The minimum Gasteiger partial charge on any atom is -0.444 e. The molecule has 23 heavy (non-hydrogen) atoms. The highest BCUT2D eigenvalue weighted by Crippen LogP contribution is 2.24. The van der Waals surface area contributed by atoms with Gasteiger partial charge in [-0.1, -0.05) is 37.3 Å². The fraction of sp³-hybridized carbons (Fsp3) is 0.632. The molecular weight excluding hydrogens is 288 g/mol. The molecule has 0 saturated carbocycles. The zero-order chi connectivity index (χ0) is 17.0.